The summed E-state index contributed by atoms with van der Waals surface area (Å²) in [6.07, 6.45) is 0. The molecule has 10 rings (SSSR count). The minimum atomic E-state index is 1.16. The van der Waals surface area contributed by atoms with Crippen LogP contribution < -0.4 is 0 Å². The summed E-state index contributed by atoms with van der Waals surface area (Å²) >= 11 is 1.89. The van der Waals surface area contributed by atoms with Crippen molar-refractivity contribution < 1.29 is 0 Å². The van der Waals surface area contributed by atoms with E-state index >= 15 is 0 Å². The van der Waals surface area contributed by atoms with Gasteiger partial charge in [-0.25, -0.2) is 0 Å². The molecular weight excluding hydrogens is 599 g/mol. The quantitative estimate of drug-likeness (QED) is 0.183. The molecule has 224 valence electrons. The van der Waals surface area contributed by atoms with Crippen LogP contribution in [0.15, 0.2) is 176 Å². The van der Waals surface area contributed by atoms with E-state index in [1.54, 1.807) is 0 Å². The number of hydrogen-bond acceptors (Lipinski definition) is 1. The van der Waals surface area contributed by atoms with E-state index in [2.05, 4.69) is 180 Å². The molecule has 0 aliphatic heterocycles. The van der Waals surface area contributed by atoms with E-state index in [9.17, 15) is 0 Å². The van der Waals surface area contributed by atoms with E-state index in [1.165, 1.54) is 86.1 Å². The highest BCUT2D eigenvalue weighted by Gasteiger charge is 2.19. The van der Waals surface area contributed by atoms with Gasteiger partial charge in [-0.05, 0) is 98.8 Å². The molecule has 0 unspecified atom stereocenters. The fourth-order valence-corrected chi connectivity index (χ4v) is 8.69. The van der Waals surface area contributed by atoms with Crippen molar-refractivity contribution in [2.75, 3.05) is 0 Å². The van der Waals surface area contributed by atoms with Gasteiger partial charge in [0.05, 0.1) is 11.0 Å². The second kappa shape index (κ2) is 10.8. The Balaban J connectivity index is 1.17. The standard InChI is InChI=1S/C46H29NS/c1-3-11-30(12-4-1)34-27-35(31-13-5-2-6-14-31)29-36(28-34)32-19-22-37(23-20-32)47-40-18-10-9-17-39(40)44-41(47)24-26-43-46(44)45-38-16-8-7-15-33(38)21-25-42(45)48-43/h1-29H. The Morgan fingerprint density at radius 3 is 1.56 bits per heavy atom. The van der Waals surface area contributed by atoms with E-state index in [-0.39, 0.29) is 0 Å². The third-order valence-corrected chi connectivity index (χ3v) is 10.9. The van der Waals surface area contributed by atoms with E-state index < -0.39 is 0 Å². The number of nitrogens with zero attached hydrogens (tertiary/aromatic N) is 1. The third kappa shape index (κ3) is 4.24. The summed E-state index contributed by atoms with van der Waals surface area (Å²) < 4.78 is 5.11. The zero-order chi connectivity index (χ0) is 31.6. The average molecular weight is 628 g/mol. The predicted molar refractivity (Wildman–Crippen MR) is 207 cm³/mol. The van der Waals surface area contributed by atoms with E-state index in [0.717, 1.165) is 5.69 Å². The summed E-state index contributed by atoms with van der Waals surface area (Å²) in [5.41, 5.74) is 10.9. The minimum Gasteiger partial charge on any atom is -0.309 e. The van der Waals surface area contributed by atoms with Crippen LogP contribution in [0.25, 0.3) is 91.8 Å². The molecule has 0 saturated carbocycles. The normalized spacial score (nSPS) is 11.8. The molecule has 0 radical (unpaired) electrons. The second-order valence-electron chi connectivity index (χ2n) is 12.5. The lowest BCUT2D eigenvalue weighted by molar-refractivity contribution is 1.18. The van der Waals surface area contributed by atoms with Crippen LogP contribution in [0, 0.1) is 0 Å². The molecule has 2 heterocycles. The number of fused-ring (bicyclic) bond motifs is 9. The largest absolute Gasteiger partial charge is 0.309 e. The summed E-state index contributed by atoms with van der Waals surface area (Å²) in [6.45, 7) is 0. The third-order valence-electron chi connectivity index (χ3n) is 9.77. The smallest absolute Gasteiger partial charge is 0.0548 e. The number of thiophene rings is 1. The first-order valence-corrected chi connectivity index (χ1v) is 17.2. The van der Waals surface area contributed by atoms with Gasteiger partial charge in [0.25, 0.3) is 0 Å². The number of para-hydroxylation sites is 1. The summed E-state index contributed by atoms with van der Waals surface area (Å²) in [7, 11) is 0. The van der Waals surface area contributed by atoms with Gasteiger partial charge in [-0.1, -0.05) is 121 Å². The maximum atomic E-state index is 2.44. The molecule has 0 bridgehead atoms. The zero-order valence-corrected chi connectivity index (χ0v) is 26.9. The van der Waals surface area contributed by atoms with Crippen molar-refractivity contribution >= 4 is 64.1 Å². The van der Waals surface area contributed by atoms with E-state index in [1.807, 2.05) is 11.3 Å². The maximum Gasteiger partial charge on any atom is 0.0548 e. The molecule has 0 spiro atoms. The lowest BCUT2D eigenvalue weighted by Gasteiger charge is -2.13. The molecule has 0 amide bonds. The van der Waals surface area contributed by atoms with Crippen molar-refractivity contribution in [1.82, 2.24) is 4.57 Å². The molecule has 1 nitrogen and oxygen atoms in total. The molecule has 0 saturated heterocycles. The van der Waals surface area contributed by atoms with Crippen LogP contribution in [0.2, 0.25) is 0 Å². The maximum absolute atomic E-state index is 2.44. The lowest BCUT2D eigenvalue weighted by atomic mass is 9.93. The van der Waals surface area contributed by atoms with Crippen molar-refractivity contribution in [2.45, 2.75) is 0 Å². The average Bonchev–Trinajstić information content (AvgIpc) is 3.71. The van der Waals surface area contributed by atoms with Gasteiger partial charge < -0.3 is 4.57 Å². The van der Waals surface area contributed by atoms with Crippen LogP contribution in [-0.4, -0.2) is 4.57 Å². The SMILES string of the molecule is c1ccc(-c2cc(-c3ccccc3)cc(-c3ccc(-n4c5ccccc5c5c6c(ccc54)sc4ccc5ccccc5c46)cc3)c2)cc1. The fourth-order valence-electron chi connectivity index (χ4n) is 7.56. The molecule has 0 atom stereocenters. The number of aromatic nitrogens is 1. The van der Waals surface area contributed by atoms with E-state index in [4.69, 9.17) is 0 Å². The summed E-state index contributed by atoms with van der Waals surface area (Å²) in [5.74, 6) is 0. The highest BCUT2D eigenvalue weighted by atomic mass is 32.1. The van der Waals surface area contributed by atoms with Gasteiger partial charge >= 0.3 is 0 Å². The Morgan fingerprint density at radius 1 is 0.333 bits per heavy atom. The fraction of sp³-hybridized carbons (Fsp3) is 0. The molecule has 0 N–H and O–H groups in total. The molecule has 0 aliphatic carbocycles. The summed E-state index contributed by atoms with van der Waals surface area (Å²) in [4.78, 5) is 0. The molecule has 10 aromatic rings. The Hall–Kier alpha value is -5.96. The van der Waals surface area contributed by atoms with Crippen molar-refractivity contribution in [2.24, 2.45) is 0 Å². The Bertz CT molecular complexity index is 2750. The number of rotatable bonds is 4. The molecule has 8 aromatic carbocycles. The minimum absolute atomic E-state index is 1.16. The van der Waals surface area contributed by atoms with Gasteiger partial charge in [-0.15, -0.1) is 11.3 Å². The Morgan fingerprint density at radius 2 is 0.875 bits per heavy atom. The van der Waals surface area contributed by atoms with Crippen LogP contribution >= 0.6 is 11.3 Å². The Labute approximate surface area is 282 Å². The van der Waals surface area contributed by atoms with Crippen molar-refractivity contribution in [3.63, 3.8) is 0 Å². The summed E-state index contributed by atoms with van der Waals surface area (Å²) in [6, 6.07) is 64.3. The second-order valence-corrected chi connectivity index (χ2v) is 13.6. The van der Waals surface area contributed by atoms with Crippen molar-refractivity contribution in [3.8, 4) is 39.1 Å². The first kappa shape index (κ1) is 27.2. The monoisotopic (exact) mass is 627 g/mol. The molecule has 48 heavy (non-hydrogen) atoms. The van der Waals surface area contributed by atoms with Crippen molar-refractivity contribution in [1.29, 1.82) is 0 Å². The van der Waals surface area contributed by atoms with Crippen LogP contribution in [-0.2, 0) is 0 Å². The van der Waals surface area contributed by atoms with E-state index in [0.29, 0.717) is 0 Å². The van der Waals surface area contributed by atoms with Gasteiger partial charge in [-0.3, -0.25) is 0 Å². The predicted octanol–water partition coefficient (Wildman–Crippen LogP) is 13.3. The molecule has 2 heteroatoms. The topological polar surface area (TPSA) is 4.93 Å². The molecule has 2 aromatic heterocycles. The van der Waals surface area contributed by atoms with Gasteiger partial charge in [-0.2, -0.15) is 0 Å². The highest BCUT2D eigenvalue weighted by molar-refractivity contribution is 7.26. The van der Waals surface area contributed by atoms with Crippen LogP contribution in [0.4, 0.5) is 0 Å². The first-order chi connectivity index (χ1) is 23.8. The molecular formula is C46H29NS. The summed E-state index contributed by atoms with van der Waals surface area (Å²) in [5, 5.41) is 7.96. The van der Waals surface area contributed by atoms with Gasteiger partial charge in [0, 0.05) is 36.6 Å². The van der Waals surface area contributed by atoms with Gasteiger partial charge in [0.15, 0.2) is 0 Å². The lowest BCUT2D eigenvalue weighted by Crippen LogP contribution is -1.94. The molecule has 0 fully saturated rings. The Kier molecular flexibility index (Phi) is 6.12. The zero-order valence-electron chi connectivity index (χ0n) is 26.1. The van der Waals surface area contributed by atoms with Crippen molar-refractivity contribution in [3.05, 3.63) is 176 Å². The highest BCUT2D eigenvalue weighted by Crippen LogP contribution is 2.45. The van der Waals surface area contributed by atoms with Crippen LogP contribution in [0.1, 0.15) is 0 Å². The van der Waals surface area contributed by atoms with Gasteiger partial charge in [0.1, 0.15) is 0 Å². The first-order valence-electron chi connectivity index (χ1n) is 16.4. The van der Waals surface area contributed by atoms with Crippen LogP contribution in [0.5, 0.6) is 0 Å². The number of benzene rings is 8. The number of hydrogen-bond donors (Lipinski definition) is 0. The molecule has 0 aliphatic rings. The van der Waals surface area contributed by atoms with Crippen LogP contribution in [0.3, 0.4) is 0 Å². The van der Waals surface area contributed by atoms with Gasteiger partial charge in [0.2, 0.25) is 0 Å².